The number of amides is 1. The summed E-state index contributed by atoms with van der Waals surface area (Å²) in [7, 11) is 0. The van der Waals surface area contributed by atoms with E-state index < -0.39 is 13.0 Å². The first-order valence-corrected chi connectivity index (χ1v) is 6.67. The zero-order valence-corrected chi connectivity index (χ0v) is 11.1. The average molecular weight is 284 g/mol. The predicted octanol–water partition coefficient (Wildman–Crippen LogP) is 2.66. The molecule has 0 saturated carbocycles. The number of nitrogens with one attached hydrogen (secondary N) is 2. The van der Waals surface area contributed by atoms with Crippen LogP contribution in [-0.4, -0.2) is 32.1 Å². The van der Waals surface area contributed by atoms with Crippen molar-refractivity contribution < 1.29 is 18.3 Å². The van der Waals surface area contributed by atoms with Crippen LogP contribution in [0.1, 0.15) is 18.4 Å². The molecule has 1 aromatic carbocycles. The van der Waals surface area contributed by atoms with Crippen LogP contribution < -0.4 is 10.6 Å². The van der Waals surface area contributed by atoms with Gasteiger partial charge in [0.15, 0.2) is 0 Å². The molecular formula is C14H18F2N2O2. The number of benzene rings is 1. The molecule has 1 aliphatic rings. The summed E-state index contributed by atoms with van der Waals surface area (Å²) in [5.41, 5.74) is 3.02. The maximum absolute atomic E-state index is 11.8. The van der Waals surface area contributed by atoms with Crippen molar-refractivity contribution in [2.75, 3.05) is 30.4 Å². The summed E-state index contributed by atoms with van der Waals surface area (Å²) in [6.45, 7) is 0.348. The van der Waals surface area contributed by atoms with Gasteiger partial charge < -0.3 is 15.4 Å². The first kappa shape index (κ1) is 14.7. The topological polar surface area (TPSA) is 50.4 Å². The van der Waals surface area contributed by atoms with Gasteiger partial charge in [0.05, 0.1) is 13.0 Å². The fraction of sp³-hybridized carbons (Fsp3) is 0.500. The van der Waals surface area contributed by atoms with Crippen LogP contribution in [0.2, 0.25) is 0 Å². The molecule has 0 spiro atoms. The SMILES string of the molecule is O=C(CCOCC(F)F)Nc1ccc2c(c1)CCCN2. The first-order valence-electron chi connectivity index (χ1n) is 6.67. The van der Waals surface area contributed by atoms with Crippen molar-refractivity contribution in [3.8, 4) is 0 Å². The van der Waals surface area contributed by atoms with Crippen molar-refractivity contribution in [2.45, 2.75) is 25.7 Å². The molecule has 0 atom stereocenters. The Morgan fingerprint density at radius 1 is 1.45 bits per heavy atom. The molecule has 0 radical (unpaired) electrons. The van der Waals surface area contributed by atoms with Crippen LogP contribution in [-0.2, 0) is 16.0 Å². The molecule has 4 nitrogen and oxygen atoms in total. The Morgan fingerprint density at radius 3 is 3.10 bits per heavy atom. The van der Waals surface area contributed by atoms with Gasteiger partial charge in [0.25, 0.3) is 6.43 Å². The Bertz CT molecular complexity index is 466. The molecule has 1 aliphatic heterocycles. The zero-order chi connectivity index (χ0) is 14.4. The highest BCUT2D eigenvalue weighted by atomic mass is 19.3. The predicted molar refractivity (Wildman–Crippen MR) is 73.3 cm³/mol. The summed E-state index contributed by atoms with van der Waals surface area (Å²) in [4.78, 5) is 11.6. The lowest BCUT2D eigenvalue weighted by Gasteiger charge is -2.18. The third kappa shape index (κ3) is 4.45. The number of rotatable bonds is 6. The van der Waals surface area contributed by atoms with Crippen LogP contribution in [0.5, 0.6) is 0 Å². The number of aryl methyl sites for hydroxylation is 1. The fourth-order valence-electron chi connectivity index (χ4n) is 2.11. The maximum Gasteiger partial charge on any atom is 0.261 e. The number of hydrogen-bond acceptors (Lipinski definition) is 3. The summed E-state index contributed by atoms with van der Waals surface area (Å²) in [5, 5.41) is 6.04. The van der Waals surface area contributed by atoms with Crippen molar-refractivity contribution in [3.63, 3.8) is 0 Å². The molecule has 6 heteroatoms. The lowest BCUT2D eigenvalue weighted by atomic mass is 10.0. The van der Waals surface area contributed by atoms with E-state index in [4.69, 9.17) is 0 Å². The second-order valence-corrected chi connectivity index (χ2v) is 4.67. The molecule has 2 rings (SSSR count). The van der Waals surface area contributed by atoms with Crippen LogP contribution in [0.3, 0.4) is 0 Å². The number of ether oxygens (including phenoxy) is 1. The van der Waals surface area contributed by atoms with Gasteiger partial charge in [0.2, 0.25) is 5.91 Å². The van der Waals surface area contributed by atoms with Crippen LogP contribution in [0.25, 0.3) is 0 Å². The minimum atomic E-state index is -2.49. The van der Waals surface area contributed by atoms with Crippen LogP contribution in [0.4, 0.5) is 20.2 Å². The van der Waals surface area contributed by atoms with Crippen molar-refractivity contribution >= 4 is 17.3 Å². The van der Waals surface area contributed by atoms with Gasteiger partial charge in [0.1, 0.15) is 6.61 Å². The van der Waals surface area contributed by atoms with E-state index in [1.54, 1.807) is 0 Å². The fourth-order valence-corrected chi connectivity index (χ4v) is 2.11. The smallest absolute Gasteiger partial charge is 0.261 e. The van der Waals surface area contributed by atoms with E-state index in [9.17, 15) is 13.6 Å². The van der Waals surface area contributed by atoms with Gasteiger partial charge in [-0.15, -0.1) is 0 Å². The Labute approximate surface area is 116 Å². The second-order valence-electron chi connectivity index (χ2n) is 4.67. The molecule has 20 heavy (non-hydrogen) atoms. The van der Waals surface area contributed by atoms with E-state index in [2.05, 4.69) is 15.4 Å². The minimum absolute atomic E-state index is 0.00265. The molecule has 0 unspecified atom stereocenters. The quantitative estimate of drug-likeness (QED) is 0.790. The van der Waals surface area contributed by atoms with Crippen molar-refractivity contribution in [1.29, 1.82) is 0 Å². The third-order valence-electron chi connectivity index (χ3n) is 3.04. The molecule has 0 aromatic heterocycles. The van der Waals surface area contributed by atoms with Crippen LogP contribution in [0, 0.1) is 0 Å². The number of alkyl halides is 2. The highest BCUT2D eigenvalue weighted by molar-refractivity contribution is 5.91. The van der Waals surface area contributed by atoms with Gasteiger partial charge in [-0.1, -0.05) is 0 Å². The number of carbonyl (C=O) groups is 1. The number of anilines is 2. The van der Waals surface area contributed by atoms with Gasteiger partial charge >= 0.3 is 0 Å². The summed E-state index contributed by atoms with van der Waals surface area (Å²) in [6, 6.07) is 5.71. The molecular weight excluding hydrogens is 266 g/mol. The van der Waals surface area contributed by atoms with Crippen molar-refractivity contribution in [1.82, 2.24) is 0 Å². The van der Waals surface area contributed by atoms with E-state index in [1.165, 1.54) is 5.56 Å². The summed E-state index contributed by atoms with van der Waals surface area (Å²) in [5.74, 6) is -0.233. The molecule has 1 heterocycles. The lowest BCUT2D eigenvalue weighted by Crippen LogP contribution is -2.16. The number of hydrogen-bond donors (Lipinski definition) is 2. The van der Waals surface area contributed by atoms with Crippen molar-refractivity contribution in [3.05, 3.63) is 23.8 Å². The monoisotopic (exact) mass is 284 g/mol. The number of fused-ring (bicyclic) bond motifs is 1. The Hall–Kier alpha value is -1.69. The Balaban J connectivity index is 1.79. The molecule has 1 aromatic rings. The van der Waals surface area contributed by atoms with Gasteiger partial charge in [0, 0.05) is 17.9 Å². The van der Waals surface area contributed by atoms with Crippen LogP contribution >= 0.6 is 0 Å². The third-order valence-corrected chi connectivity index (χ3v) is 3.04. The summed E-state index contributed by atoms with van der Waals surface area (Å²) < 4.78 is 28.3. The standard InChI is InChI=1S/C14H18F2N2O2/c15-13(16)9-20-7-5-14(19)18-11-3-4-12-10(8-11)2-1-6-17-12/h3-4,8,13,17H,1-2,5-7,9H2,(H,18,19). The van der Waals surface area contributed by atoms with Crippen LogP contribution in [0.15, 0.2) is 18.2 Å². The highest BCUT2D eigenvalue weighted by Gasteiger charge is 2.10. The minimum Gasteiger partial charge on any atom is -0.385 e. The molecule has 110 valence electrons. The Kier molecular flexibility index (Phi) is 5.29. The average Bonchev–Trinajstić information content (AvgIpc) is 2.43. The van der Waals surface area contributed by atoms with Gasteiger partial charge in [-0.05, 0) is 36.6 Å². The molecule has 1 amide bonds. The number of carbonyl (C=O) groups excluding carboxylic acids is 1. The Morgan fingerprint density at radius 2 is 2.30 bits per heavy atom. The molecule has 0 bridgehead atoms. The largest absolute Gasteiger partial charge is 0.385 e. The number of halogens is 2. The maximum atomic E-state index is 11.8. The van der Waals surface area contributed by atoms with E-state index in [0.29, 0.717) is 0 Å². The van der Waals surface area contributed by atoms with Gasteiger partial charge in [-0.3, -0.25) is 4.79 Å². The van der Waals surface area contributed by atoms with Crippen molar-refractivity contribution in [2.24, 2.45) is 0 Å². The van der Waals surface area contributed by atoms with E-state index in [-0.39, 0.29) is 18.9 Å². The molecule has 2 N–H and O–H groups in total. The van der Waals surface area contributed by atoms with Gasteiger partial charge in [-0.2, -0.15) is 0 Å². The molecule has 0 saturated heterocycles. The second kappa shape index (κ2) is 7.19. The van der Waals surface area contributed by atoms with Gasteiger partial charge in [-0.25, -0.2) is 8.78 Å². The summed E-state index contributed by atoms with van der Waals surface area (Å²) in [6.07, 6.45) is -0.358. The highest BCUT2D eigenvalue weighted by Crippen LogP contribution is 2.25. The molecule has 0 fully saturated rings. The molecule has 0 aliphatic carbocycles. The summed E-state index contributed by atoms with van der Waals surface area (Å²) >= 11 is 0. The first-order chi connectivity index (χ1) is 9.65. The van der Waals surface area contributed by atoms with E-state index in [0.717, 1.165) is 30.8 Å². The van der Waals surface area contributed by atoms with E-state index in [1.807, 2.05) is 18.2 Å². The lowest BCUT2D eigenvalue weighted by molar-refractivity contribution is -0.117. The zero-order valence-electron chi connectivity index (χ0n) is 11.1. The normalized spacial score (nSPS) is 13.8. The van der Waals surface area contributed by atoms with E-state index >= 15 is 0 Å².